The first-order valence-electron chi connectivity index (χ1n) is 8.35. The molecule has 1 unspecified atom stereocenters. The molecule has 0 aliphatic heterocycles. The van der Waals surface area contributed by atoms with Gasteiger partial charge < -0.3 is 10.6 Å². The molecule has 138 valence electrons. The van der Waals surface area contributed by atoms with Crippen molar-refractivity contribution in [2.75, 3.05) is 12.4 Å². The molecule has 0 saturated carbocycles. The second kappa shape index (κ2) is 8.71. The Labute approximate surface area is 157 Å². The molecule has 0 aliphatic rings. The van der Waals surface area contributed by atoms with E-state index in [0.29, 0.717) is 10.9 Å². The van der Waals surface area contributed by atoms with Crippen molar-refractivity contribution >= 4 is 29.0 Å². The molecule has 2 aromatic carbocycles. The monoisotopic (exact) mass is 373 g/mol. The Kier molecular flexibility index (Phi) is 6.63. The van der Waals surface area contributed by atoms with Gasteiger partial charge in [-0.05, 0) is 36.8 Å². The number of hydrogen-bond donors (Lipinski definition) is 2. The standard InChI is InChI=1S/C19H23N3O3S/c1-12(2)26-16-8-5-14(6-9-16)13(3)21-17-10-7-15(19(23)20-4)11-18(17)22(24)25/h5-13,21H,1-4H3,(H,20,23). The molecule has 26 heavy (non-hydrogen) atoms. The fourth-order valence-electron chi connectivity index (χ4n) is 2.51. The molecule has 2 rings (SSSR count). The van der Waals surface area contributed by atoms with Gasteiger partial charge in [-0.1, -0.05) is 26.0 Å². The third kappa shape index (κ3) is 4.98. The van der Waals surface area contributed by atoms with E-state index < -0.39 is 4.92 Å². The SMILES string of the molecule is CNC(=O)c1ccc(NC(C)c2ccc(SC(C)C)cc2)c([N+](=O)[O-])c1. The zero-order chi connectivity index (χ0) is 19.3. The quantitative estimate of drug-likeness (QED) is 0.420. The van der Waals surface area contributed by atoms with E-state index >= 15 is 0 Å². The molecule has 0 radical (unpaired) electrons. The van der Waals surface area contributed by atoms with Crippen LogP contribution in [0.1, 0.15) is 42.7 Å². The number of rotatable bonds is 7. The molecular formula is C19H23N3O3S. The molecule has 1 amide bonds. The van der Waals surface area contributed by atoms with Gasteiger partial charge in [-0.3, -0.25) is 14.9 Å². The van der Waals surface area contributed by atoms with Crippen LogP contribution in [-0.4, -0.2) is 23.1 Å². The summed E-state index contributed by atoms with van der Waals surface area (Å²) < 4.78 is 0. The summed E-state index contributed by atoms with van der Waals surface area (Å²) in [5, 5.41) is 17.5. The number of hydrogen-bond acceptors (Lipinski definition) is 5. The zero-order valence-electron chi connectivity index (χ0n) is 15.3. The third-order valence-corrected chi connectivity index (χ3v) is 4.82. The van der Waals surface area contributed by atoms with E-state index in [1.165, 1.54) is 18.0 Å². The number of carbonyl (C=O) groups is 1. The molecule has 0 saturated heterocycles. The summed E-state index contributed by atoms with van der Waals surface area (Å²) in [6.45, 7) is 6.23. The molecule has 0 aromatic heterocycles. The number of amides is 1. The van der Waals surface area contributed by atoms with Crippen molar-refractivity contribution in [2.24, 2.45) is 0 Å². The summed E-state index contributed by atoms with van der Waals surface area (Å²) in [6.07, 6.45) is 0. The maximum Gasteiger partial charge on any atom is 0.293 e. The van der Waals surface area contributed by atoms with Crippen LogP contribution >= 0.6 is 11.8 Å². The van der Waals surface area contributed by atoms with E-state index in [0.717, 1.165) is 5.56 Å². The highest BCUT2D eigenvalue weighted by atomic mass is 32.2. The summed E-state index contributed by atoms with van der Waals surface area (Å²) in [6, 6.07) is 12.5. The van der Waals surface area contributed by atoms with Gasteiger partial charge in [-0.15, -0.1) is 11.8 Å². The molecule has 1 atom stereocenters. The van der Waals surface area contributed by atoms with Gasteiger partial charge in [-0.2, -0.15) is 0 Å². The van der Waals surface area contributed by atoms with Crippen molar-refractivity contribution in [1.29, 1.82) is 0 Å². The van der Waals surface area contributed by atoms with Crippen LogP contribution in [0.25, 0.3) is 0 Å². The van der Waals surface area contributed by atoms with Crippen LogP contribution in [-0.2, 0) is 0 Å². The number of nitro groups is 1. The second-order valence-corrected chi connectivity index (χ2v) is 7.82. The smallest absolute Gasteiger partial charge is 0.293 e. The largest absolute Gasteiger partial charge is 0.373 e. The average molecular weight is 373 g/mol. The number of nitrogens with zero attached hydrogens (tertiary/aromatic N) is 1. The van der Waals surface area contributed by atoms with Crippen LogP contribution in [0.5, 0.6) is 0 Å². The van der Waals surface area contributed by atoms with E-state index in [2.05, 4.69) is 36.6 Å². The van der Waals surface area contributed by atoms with E-state index in [-0.39, 0.29) is 23.2 Å². The van der Waals surface area contributed by atoms with Gasteiger partial charge in [0, 0.05) is 34.9 Å². The minimum atomic E-state index is -0.482. The Bertz CT molecular complexity index is 791. The molecule has 6 nitrogen and oxygen atoms in total. The predicted octanol–water partition coefficient (Wildman–Crippen LogP) is 4.63. The predicted molar refractivity (Wildman–Crippen MR) is 106 cm³/mol. The van der Waals surface area contributed by atoms with Crippen LogP contribution in [0.2, 0.25) is 0 Å². The number of carbonyl (C=O) groups excluding carboxylic acids is 1. The molecule has 0 aliphatic carbocycles. The Morgan fingerprint density at radius 1 is 1.12 bits per heavy atom. The molecule has 0 bridgehead atoms. The minimum absolute atomic E-state index is 0.113. The van der Waals surface area contributed by atoms with Crippen LogP contribution in [0.4, 0.5) is 11.4 Å². The second-order valence-electron chi connectivity index (χ2n) is 6.17. The topological polar surface area (TPSA) is 84.3 Å². The van der Waals surface area contributed by atoms with Crippen LogP contribution in [0, 0.1) is 10.1 Å². The lowest BCUT2D eigenvalue weighted by Gasteiger charge is -2.17. The molecular weight excluding hydrogens is 350 g/mol. The van der Waals surface area contributed by atoms with E-state index in [9.17, 15) is 14.9 Å². The van der Waals surface area contributed by atoms with Gasteiger partial charge in [0.1, 0.15) is 5.69 Å². The number of benzene rings is 2. The average Bonchev–Trinajstić information content (AvgIpc) is 2.61. The first-order valence-corrected chi connectivity index (χ1v) is 9.23. The minimum Gasteiger partial charge on any atom is -0.373 e. The summed E-state index contributed by atoms with van der Waals surface area (Å²) in [4.78, 5) is 23.8. The Morgan fingerprint density at radius 2 is 1.77 bits per heavy atom. The molecule has 7 heteroatoms. The number of nitrogens with one attached hydrogen (secondary N) is 2. The maximum absolute atomic E-state index is 11.7. The number of anilines is 1. The van der Waals surface area contributed by atoms with E-state index in [4.69, 9.17) is 0 Å². The highest BCUT2D eigenvalue weighted by molar-refractivity contribution is 7.99. The molecule has 0 fully saturated rings. The summed E-state index contributed by atoms with van der Waals surface area (Å²) in [5.41, 5.74) is 1.55. The fraction of sp³-hybridized carbons (Fsp3) is 0.316. The highest BCUT2D eigenvalue weighted by Crippen LogP contribution is 2.30. The van der Waals surface area contributed by atoms with Gasteiger partial charge in [-0.25, -0.2) is 0 Å². The molecule has 0 heterocycles. The normalized spacial score (nSPS) is 11.9. The first-order chi connectivity index (χ1) is 12.3. The highest BCUT2D eigenvalue weighted by Gasteiger charge is 2.19. The maximum atomic E-state index is 11.7. The first kappa shape index (κ1) is 19.8. The fourth-order valence-corrected chi connectivity index (χ4v) is 3.35. The van der Waals surface area contributed by atoms with Gasteiger partial charge in [0.25, 0.3) is 11.6 Å². The molecule has 2 N–H and O–H groups in total. The van der Waals surface area contributed by atoms with Crippen molar-refractivity contribution in [3.8, 4) is 0 Å². The van der Waals surface area contributed by atoms with Gasteiger partial charge in [0.05, 0.1) is 4.92 Å². The Hall–Kier alpha value is -2.54. The summed E-state index contributed by atoms with van der Waals surface area (Å²) >= 11 is 1.79. The van der Waals surface area contributed by atoms with E-state index in [1.807, 2.05) is 19.1 Å². The van der Waals surface area contributed by atoms with Gasteiger partial charge >= 0.3 is 0 Å². The molecule has 0 spiro atoms. The van der Waals surface area contributed by atoms with E-state index in [1.54, 1.807) is 23.9 Å². The van der Waals surface area contributed by atoms with Crippen molar-refractivity contribution in [3.05, 3.63) is 63.7 Å². The lowest BCUT2D eigenvalue weighted by Crippen LogP contribution is -2.18. The van der Waals surface area contributed by atoms with Crippen molar-refractivity contribution in [1.82, 2.24) is 5.32 Å². The van der Waals surface area contributed by atoms with Crippen LogP contribution in [0.15, 0.2) is 47.4 Å². The van der Waals surface area contributed by atoms with Gasteiger partial charge in [0.2, 0.25) is 0 Å². The number of nitro benzene ring substituents is 1. The van der Waals surface area contributed by atoms with Crippen molar-refractivity contribution < 1.29 is 9.72 Å². The summed E-state index contributed by atoms with van der Waals surface area (Å²) in [7, 11) is 1.49. The lowest BCUT2D eigenvalue weighted by molar-refractivity contribution is -0.384. The van der Waals surface area contributed by atoms with Crippen molar-refractivity contribution in [2.45, 2.75) is 37.0 Å². The Morgan fingerprint density at radius 3 is 2.31 bits per heavy atom. The van der Waals surface area contributed by atoms with Gasteiger partial charge in [0.15, 0.2) is 0 Å². The number of thioether (sulfide) groups is 1. The van der Waals surface area contributed by atoms with Crippen LogP contribution in [0.3, 0.4) is 0 Å². The summed E-state index contributed by atoms with van der Waals surface area (Å²) in [5.74, 6) is -0.356. The van der Waals surface area contributed by atoms with Crippen molar-refractivity contribution in [3.63, 3.8) is 0 Å². The lowest BCUT2D eigenvalue weighted by atomic mass is 10.1. The third-order valence-electron chi connectivity index (χ3n) is 3.81. The molecule has 2 aromatic rings. The van der Waals surface area contributed by atoms with Crippen LogP contribution < -0.4 is 10.6 Å². The zero-order valence-corrected chi connectivity index (χ0v) is 16.1. The Balaban J connectivity index is 2.21.